The number of Topliss-reactive ketones (excluding diaryl/α,β-unsaturated/α-hetero) is 1. The Morgan fingerprint density at radius 2 is 1.81 bits per heavy atom. The number of nitrogens with one attached hydrogen (secondary N) is 1. The van der Waals surface area contributed by atoms with Crippen LogP contribution in [0.2, 0.25) is 0 Å². The van der Waals surface area contributed by atoms with Crippen LogP contribution in [0.3, 0.4) is 0 Å². The molecule has 0 saturated heterocycles. The van der Waals surface area contributed by atoms with Gasteiger partial charge in [-0.15, -0.1) is 0 Å². The Morgan fingerprint density at radius 3 is 2.52 bits per heavy atom. The summed E-state index contributed by atoms with van der Waals surface area (Å²) in [6.45, 7) is 0.898. The highest BCUT2D eigenvalue weighted by molar-refractivity contribution is 7.90. The van der Waals surface area contributed by atoms with E-state index in [0.29, 0.717) is 5.56 Å². The molecule has 2 aromatic carbocycles. The number of carbonyl (C=O) groups is 2. The number of ether oxygens (including phenoxy) is 1. The number of rotatable bonds is 5. The molecule has 0 aliphatic carbocycles. The Kier molecular flexibility index (Phi) is 5.04. The first-order chi connectivity index (χ1) is 12.8. The molecule has 0 unspecified atom stereocenters. The Hall–Kier alpha value is -3.07. The van der Waals surface area contributed by atoms with Crippen LogP contribution in [0.15, 0.2) is 58.4 Å². The number of hydrogen-bond acceptors (Lipinski definition) is 6. The second-order valence-corrected chi connectivity index (χ2v) is 7.44. The lowest BCUT2D eigenvalue weighted by Gasteiger charge is -2.09. The molecule has 0 radical (unpaired) electrons. The summed E-state index contributed by atoms with van der Waals surface area (Å²) in [7, 11) is -3.71. The zero-order valence-electron chi connectivity index (χ0n) is 14.2. The lowest BCUT2D eigenvalue weighted by Crippen LogP contribution is -2.27. The van der Waals surface area contributed by atoms with Crippen LogP contribution in [0.25, 0.3) is 0 Å². The third kappa shape index (κ3) is 4.03. The quantitative estimate of drug-likeness (QED) is 0.618. The van der Waals surface area contributed by atoms with Crippen LogP contribution < -0.4 is 4.72 Å². The third-order valence-electron chi connectivity index (χ3n) is 3.84. The van der Waals surface area contributed by atoms with Gasteiger partial charge in [0.2, 0.25) is 0 Å². The molecule has 7 nitrogen and oxygen atoms in total. The molecule has 9 heteroatoms. The van der Waals surface area contributed by atoms with Crippen molar-refractivity contribution >= 4 is 27.6 Å². The molecule has 2 aromatic rings. The molecular weight excluding hydrogens is 375 g/mol. The molecule has 140 valence electrons. The van der Waals surface area contributed by atoms with Gasteiger partial charge in [0.15, 0.2) is 12.4 Å². The number of hydrogen-bond donors (Lipinski definition) is 1. The van der Waals surface area contributed by atoms with E-state index in [1.807, 2.05) is 0 Å². The van der Waals surface area contributed by atoms with Crippen molar-refractivity contribution in [3.63, 3.8) is 0 Å². The average molecular weight is 390 g/mol. The minimum absolute atomic E-state index is 0.0416. The van der Waals surface area contributed by atoms with E-state index in [1.54, 1.807) is 18.2 Å². The number of aliphatic imine (C=N–C) groups is 1. The first-order valence-electron chi connectivity index (χ1n) is 7.93. The van der Waals surface area contributed by atoms with Crippen LogP contribution in [-0.2, 0) is 19.6 Å². The van der Waals surface area contributed by atoms with E-state index in [2.05, 4.69) is 9.71 Å². The number of sulfonamides is 1. The minimum Gasteiger partial charge on any atom is -0.456 e. The maximum atomic E-state index is 12.9. The highest BCUT2D eigenvalue weighted by Gasteiger charge is 2.31. The Morgan fingerprint density at radius 1 is 1.15 bits per heavy atom. The largest absolute Gasteiger partial charge is 0.456 e. The highest BCUT2D eigenvalue weighted by atomic mass is 32.2. The highest BCUT2D eigenvalue weighted by Crippen LogP contribution is 2.22. The van der Waals surface area contributed by atoms with E-state index in [0.717, 1.165) is 12.1 Å². The minimum atomic E-state index is -3.71. The Labute approximate surface area is 154 Å². The van der Waals surface area contributed by atoms with Crippen LogP contribution in [0.1, 0.15) is 22.8 Å². The molecule has 0 saturated carbocycles. The van der Waals surface area contributed by atoms with Crippen LogP contribution in [0.4, 0.5) is 4.39 Å². The summed E-state index contributed by atoms with van der Waals surface area (Å²) >= 11 is 0. The van der Waals surface area contributed by atoms with E-state index in [1.165, 1.54) is 25.1 Å². The number of nitrogens with zero attached hydrogens (tertiary/aromatic N) is 1. The fraction of sp³-hybridized carbons (Fsp3) is 0.167. The normalized spacial score (nSPS) is 17.0. The topological polar surface area (TPSA) is 102 Å². The van der Waals surface area contributed by atoms with Crippen molar-refractivity contribution in [2.75, 3.05) is 6.61 Å². The zero-order valence-corrected chi connectivity index (χ0v) is 15.0. The molecule has 0 fully saturated rings. The van der Waals surface area contributed by atoms with Gasteiger partial charge in [-0.1, -0.05) is 12.1 Å². The molecule has 3 rings (SSSR count). The van der Waals surface area contributed by atoms with Gasteiger partial charge in [0.25, 0.3) is 10.0 Å². The Bertz CT molecular complexity index is 1030. The van der Waals surface area contributed by atoms with Crippen molar-refractivity contribution in [3.8, 4) is 0 Å². The molecule has 1 atom stereocenters. The number of halogens is 1. The first kappa shape index (κ1) is 18.7. The number of ketones is 1. The molecule has 0 spiro atoms. The molecule has 1 N–H and O–H groups in total. The van der Waals surface area contributed by atoms with Gasteiger partial charge in [-0.05, 0) is 43.3 Å². The van der Waals surface area contributed by atoms with Gasteiger partial charge in [-0.2, -0.15) is 0 Å². The van der Waals surface area contributed by atoms with Gasteiger partial charge in [0.05, 0.1) is 4.90 Å². The van der Waals surface area contributed by atoms with Crippen molar-refractivity contribution < 1.29 is 27.1 Å². The van der Waals surface area contributed by atoms with Gasteiger partial charge in [0.1, 0.15) is 17.7 Å². The fourth-order valence-corrected chi connectivity index (χ4v) is 3.69. The molecule has 1 heterocycles. The Balaban J connectivity index is 1.67. The van der Waals surface area contributed by atoms with E-state index >= 15 is 0 Å². The fourth-order valence-electron chi connectivity index (χ4n) is 2.45. The number of benzene rings is 2. The molecule has 1 aliphatic rings. The van der Waals surface area contributed by atoms with Crippen LogP contribution in [0.5, 0.6) is 0 Å². The summed E-state index contributed by atoms with van der Waals surface area (Å²) in [4.78, 5) is 28.2. The number of fused-ring (bicyclic) bond motifs is 1. The van der Waals surface area contributed by atoms with Gasteiger partial charge in [0, 0.05) is 11.1 Å². The maximum absolute atomic E-state index is 12.9. The predicted molar refractivity (Wildman–Crippen MR) is 94.5 cm³/mol. The summed E-state index contributed by atoms with van der Waals surface area (Å²) in [6.07, 6.45) is 0. The number of esters is 1. The summed E-state index contributed by atoms with van der Waals surface area (Å²) in [5.41, 5.74) is 0.570. The number of amidine groups is 1. The molecule has 0 amide bonds. The van der Waals surface area contributed by atoms with Crippen molar-refractivity contribution in [1.29, 1.82) is 0 Å². The standard InChI is InChI=1S/C18H15FN2O5S/c1-11(18(23)26-10-15(22)12-6-8-13(19)9-7-12)20-17-14-4-2-3-5-16(14)27(24,25)21-17/h2-9,11H,10H2,1H3,(H,20,21)/t11-/m1/s1. The average Bonchev–Trinajstić information content (AvgIpc) is 2.90. The van der Waals surface area contributed by atoms with E-state index in [-0.39, 0.29) is 16.3 Å². The monoisotopic (exact) mass is 390 g/mol. The molecule has 0 bridgehead atoms. The van der Waals surface area contributed by atoms with Crippen LogP contribution in [-0.4, -0.2) is 38.7 Å². The summed E-state index contributed by atoms with van der Waals surface area (Å²) in [5, 5.41) is 0. The van der Waals surface area contributed by atoms with Crippen molar-refractivity contribution in [2.45, 2.75) is 17.9 Å². The molecular formula is C18H15FN2O5S. The summed E-state index contributed by atoms with van der Waals surface area (Å²) < 4.78 is 44.1. The van der Waals surface area contributed by atoms with E-state index < -0.39 is 40.2 Å². The summed E-state index contributed by atoms with van der Waals surface area (Å²) in [5.74, 6) is -1.72. The van der Waals surface area contributed by atoms with E-state index in [9.17, 15) is 22.4 Å². The lowest BCUT2D eigenvalue weighted by atomic mass is 10.1. The van der Waals surface area contributed by atoms with Crippen molar-refractivity contribution in [2.24, 2.45) is 4.99 Å². The van der Waals surface area contributed by atoms with Gasteiger partial charge in [-0.25, -0.2) is 17.6 Å². The smallest absolute Gasteiger partial charge is 0.331 e. The second-order valence-electron chi connectivity index (χ2n) is 5.79. The molecule has 1 aliphatic heterocycles. The maximum Gasteiger partial charge on any atom is 0.331 e. The molecule has 27 heavy (non-hydrogen) atoms. The predicted octanol–water partition coefficient (Wildman–Crippen LogP) is 1.68. The van der Waals surface area contributed by atoms with E-state index in [4.69, 9.17) is 4.74 Å². The van der Waals surface area contributed by atoms with Crippen LogP contribution >= 0.6 is 0 Å². The first-order valence-corrected chi connectivity index (χ1v) is 9.41. The second kappa shape index (κ2) is 7.28. The zero-order chi connectivity index (χ0) is 19.6. The third-order valence-corrected chi connectivity index (χ3v) is 5.24. The lowest BCUT2D eigenvalue weighted by molar-refractivity contribution is -0.143. The SMILES string of the molecule is C[C@@H](N=C1NS(=O)(=O)c2ccccc21)C(=O)OCC(=O)c1ccc(F)cc1. The summed E-state index contributed by atoms with van der Waals surface area (Å²) in [6, 6.07) is 10.1. The van der Waals surface area contributed by atoms with Crippen molar-refractivity contribution in [3.05, 3.63) is 65.5 Å². The van der Waals surface area contributed by atoms with Gasteiger partial charge in [-0.3, -0.25) is 14.5 Å². The van der Waals surface area contributed by atoms with Gasteiger partial charge >= 0.3 is 5.97 Å². The van der Waals surface area contributed by atoms with Crippen LogP contribution in [0, 0.1) is 5.82 Å². The molecule has 0 aromatic heterocycles. The van der Waals surface area contributed by atoms with Gasteiger partial charge < -0.3 is 4.74 Å². The number of carbonyl (C=O) groups excluding carboxylic acids is 2. The van der Waals surface area contributed by atoms with Crippen molar-refractivity contribution in [1.82, 2.24) is 4.72 Å².